The van der Waals surface area contributed by atoms with E-state index >= 15 is 0 Å². The molecule has 1 aromatic heterocycles. The molecule has 2 N–H and O–H groups in total. The second-order valence-corrected chi connectivity index (χ2v) is 6.21. The minimum Gasteiger partial charge on any atom is -0.478 e. The van der Waals surface area contributed by atoms with Crippen molar-refractivity contribution in [3.8, 4) is 23.4 Å². The van der Waals surface area contributed by atoms with Gasteiger partial charge in [-0.05, 0) is 43.7 Å². The largest absolute Gasteiger partial charge is 0.478 e. The van der Waals surface area contributed by atoms with E-state index in [9.17, 15) is 9.90 Å². The zero-order valence-corrected chi connectivity index (χ0v) is 15.2. The average Bonchev–Trinajstić information content (AvgIpc) is 2.68. The number of nitrogens with zero attached hydrogens (tertiary/aromatic N) is 4. The van der Waals surface area contributed by atoms with Crippen LogP contribution in [0.1, 0.15) is 21.5 Å². The van der Waals surface area contributed by atoms with Crippen molar-refractivity contribution in [2.24, 2.45) is 5.10 Å². The van der Waals surface area contributed by atoms with Crippen LogP contribution in [-0.4, -0.2) is 21.8 Å². The number of rotatable bonds is 4. The van der Waals surface area contributed by atoms with Gasteiger partial charge in [-0.3, -0.25) is 5.43 Å². The first-order valence-electron chi connectivity index (χ1n) is 8.32. The van der Waals surface area contributed by atoms with E-state index in [2.05, 4.69) is 15.5 Å². The maximum Gasteiger partial charge on any atom is 0.336 e. The van der Waals surface area contributed by atoms with Crippen molar-refractivity contribution in [1.29, 1.82) is 10.5 Å². The third kappa shape index (κ3) is 3.64. The molecule has 0 aliphatic heterocycles. The number of benzene rings is 2. The number of carboxylic acids is 1. The summed E-state index contributed by atoms with van der Waals surface area (Å²) in [5, 5.41) is 31.5. The molecule has 0 atom stereocenters. The van der Waals surface area contributed by atoms with Gasteiger partial charge < -0.3 is 5.11 Å². The maximum absolute atomic E-state index is 11.8. The summed E-state index contributed by atoms with van der Waals surface area (Å²) in [6.07, 6.45) is 0. The van der Waals surface area contributed by atoms with Gasteiger partial charge in [0.15, 0.2) is 0 Å². The zero-order valence-electron chi connectivity index (χ0n) is 15.2. The standard InChI is InChI=1S/C21H15N5O2/c1-12-6-13(2)20-17(7-12)18(21(27)28)9-19(24-20)14-4-3-5-15(8-14)25-26-16(10-22)11-23/h3-9,25H,1-2H3,(H,27,28). The molecule has 0 amide bonds. The first-order valence-corrected chi connectivity index (χ1v) is 8.32. The molecule has 0 radical (unpaired) electrons. The van der Waals surface area contributed by atoms with Crippen LogP contribution in [0.4, 0.5) is 5.69 Å². The van der Waals surface area contributed by atoms with Crippen LogP contribution in [0.15, 0.2) is 47.6 Å². The van der Waals surface area contributed by atoms with E-state index in [4.69, 9.17) is 10.5 Å². The number of pyridine rings is 1. The van der Waals surface area contributed by atoms with Crippen molar-refractivity contribution >= 4 is 28.3 Å². The Kier molecular flexibility index (Phi) is 5.01. The van der Waals surface area contributed by atoms with E-state index in [1.807, 2.05) is 26.0 Å². The molecule has 7 heteroatoms. The van der Waals surface area contributed by atoms with Gasteiger partial charge in [0.25, 0.3) is 0 Å². The summed E-state index contributed by atoms with van der Waals surface area (Å²) in [6, 6.07) is 15.6. The maximum atomic E-state index is 11.8. The van der Waals surface area contributed by atoms with Gasteiger partial charge in [0.2, 0.25) is 5.71 Å². The molecule has 0 unspecified atom stereocenters. The lowest BCUT2D eigenvalue weighted by Crippen LogP contribution is -2.02. The number of carboxylic acid groups (broad SMARTS) is 1. The van der Waals surface area contributed by atoms with Crippen LogP contribution in [0.5, 0.6) is 0 Å². The normalized spacial score (nSPS) is 10.0. The van der Waals surface area contributed by atoms with Crippen molar-refractivity contribution in [2.75, 3.05) is 5.43 Å². The summed E-state index contributed by atoms with van der Waals surface area (Å²) in [5.41, 5.74) is 6.75. The van der Waals surface area contributed by atoms with Crippen LogP contribution in [0, 0.1) is 36.5 Å². The van der Waals surface area contributed by atoms with Gasteiger partial charge in [-0.25, -0.2) is 9.78 Å². The summed E-state index contributed by atoms with van der Waals surface area (Å²) in [6.45, 7) is 3.81. The van der Waals surface area contributed by atoms with E-state index in [-0.39, 0.29) is 11.3 Å². The minimum absolute atomic E-state index is 0.180. The monoisotopic (exact) mass is 369 g/mol. The van der Waals surface area contributed by atoms with E-state index in [0.29, 0.717) is 27.8 Å². The molecule has 3 aromatic rings. The lowest BCUT2D eigenvalue weighted by molar-refractivity contribution is 0.0699. The van der Waals surface area contributed by atoms with Crippen LogP contribution in [0.25, 0.3) is 22.2 Å². The number of aryl methyl sites for hydroxylation is 2. The highest BCUT2D eigenvalue weighted by Gasteiger charge is 2.15. The molecule has 0 bridgehead atoms. The number of fused-ring (bicyclic) bond motifs is 1. The molecule has 1 heterocycles. The molecule has 2 aromatic carbocycles. The second-order valence-electron chi connectivity index (χ2n) is 6.21. The van der Waals surface area contributed by atoms with E-state index in [1.54, 1.807) is 42.5 Å². The Morgan fingerprint density at radius 3 is 2.57 bits per heavy atom. The van der Waals surface area contributed by atoms with Crippen LogP contribution >= 0.6 is 0 Å². The Morgan fingerprint density at radius 1 is 1.14 bits per heavy atom. The molecule has 3 rings (SSSR count). The number of hydrogen-bond acceptors (Lipinski definition) is 6. The summed E-state index contributed by atoms with van der Waals surface area (Å²) < 4.78 is 0. The first-order chi connectivity index (χ1) is 13.4. The van der Waals surface area contributed by atoms with Gasteiger partial charge in [-0.2, -0.15) is 15.6 Å². The number of nitriles is 2. The van der Waals surface area contributed by atoms with Gasteiger partial charge in [0, 0.05) is 10.9 Å². The summed E-state index contributed by atoms with van der Waals surface area (Å²) in [4.78, 5) is 16.5. The van der Waals surface area contributed by atoms with Crippen molar-refractivity contribution < 1.29 is 9.90 Å². The lowest BCUT2D eigenvalue weighted by Gasteiger charge is -2.11. The zero-order chi connectivity index (χ0) is 20.3. The predicted molar refractivity (Wildman–Crippen MR) is 106 cm³/mol. The fourth-order valence-electron chi connectivity index (χ4n) is 2.95. The van der Waals surface area contributed by atoms with Gasteiger partial charge in [0.05, 0.1) is 22.5 Å². The molecular formula is C21H15N5O2. The SMILES string of the molecule is Cc1cc(C)c2nc(-c3cccc(NN=C(C#N)C#N)c3)cc(C(=O)O)c2c1. The van der Waals surface area contributed by atoms with Gasteiger partial charge in [-0.1, -0.05) is 23.8 Å². The summed E-state index contributed by atoms with van der Waals surface area (Å²) >= 11 is 0. The minimum atomic E-state index is -1.02. The quantitative estimate of drug-likeness (QED) is 0.529. The third-order valence-corrected chi connectivity index (χ3v) is 4.15. The molecule has 0 spiro atoms. The topological polar surface area (TPSA) is 122 Å². The molecular weight excluding hydrogens is 354 g/mol. The van der Waals surface area contributed by atoms with Crippen molar-refractivity contribution in [3.63, 3.8) is 0 Å². The highest BCUT2D eigenvalue weighted by molar-refractivity contribution is 6.10. The molecule has 0 saturated carbocycles. The number of nitrogens with one attached hydrogen (secondary N) is 1. The number of aromatic carboxylic acids is 1. The highest BCUT2D eigenvalue weighted by atomic mass is 16.4. The molecule has 0 saturated heterocycles. The lowest BCUT2D eigenvalue weighted by atomic mass is 10.00. The van der Waals surface area contributed by atoms with Crippen LogP contribution in [0.3, 0.4) is 0 Å². The smallest absolute Gasteiger partial charge is 0.336 e. The van der Waals surface area contributed by atoms with Crippen molar-refractivity contribution in [2.45, 2.75) is 13.8 Å². The number of anilines is 1. The first kappa shape index (κ1) is 18.6. The van der Waals surface area contributed by atoms with Crippen molar-refractivity contribution in [1.82, 2.24) is 4.98 Å². The van der Waals surface area contributed by atoms with Crippen LogP contribution < -0.4 is 5.43 Å². The number of aromatic nitrogens is 1. The van der Waals surface area contributed by atoms with Gasteiger partial charge in [-0.15, -0.1) is 0 Å². The molecule has 7 nitrogen and oxygen atoms in total. The number of hydrazone groups is 1. The Hall–Kier alpha value is -4.23. The highest BCUT2D eigenvalue weighted by Crippen LogP contribution is 2.29. The van der Waals surface area contributed by atoms with E-state index in [1.165, 1.54) is 0 Å². The third-order valence-electron chi connectivity index (χ3n) is 4.15. The average molecular weight is 369 g/mol. The summed E-state index contributed by atoms with van der Waals surface area (Å²) in [7, 11) is 0. The fraction of sp³-hybridized carbons (Fsp3) is 0.0952. The van der Waals surface area contributed by atoms with Crippen molar-refractivity contribution in [3.05, 3.63) is 59.2 Å². The second kappa shape index (κ2) is 7.56. The molecule has 0 aliphatic carbocycles. The van der Waals surface area contributed by atoms with Gasteiger partial charge >= 0.3 is 5.97 Å². The number of hydrogen-bond donors (Lipinski definition) is 2. The Bertz CT molecular complexity index is 1200. The van der Waals surface area contributed by atoms with Gasteiger partial charge in [0.1, 0.15) is 12.1 Å². The fourth-order valence-corrected chi connectivity index (χ4v) is 2.95. The molecule has 28 heavy (non-hydrogen) atoms. The van der Waals surface area contributed by atoms with E-state index < -0.39 is 5.97 Å². The predicted octanol–water partition coefficient (Wildman–Crippen LogP) is 4.03. The van der Waals surface area contributed by atoms with Crippen LogP contribution in [-0.2, 0) is 0 Å². The summed E-state index contributed by atoms with van der Waals surface area (Å²) in [5.74, 6) is -1.02. The Labute approximate surface area is 161 Å². The molecule has 0 fully saturated rings. The number of carbonyl (C=O) groups is 1. The van der Waals surface area contributed by atoms with E-state index in [0.717, 1.165) is 11.1 Å². The Balaban J connectivity index is 2.13. The molecule has 0 aliphatic rings. The van der Waals surface area contributed by atoms with Crippen LogP contribution in [0.2, 0.25) is 0 Å². The Morgan fingerprint density at radius 2 is 1.89 bits per heavy atom. The molecule has 136 valence electrons.